The predicted octanol–water partition coefficient (Wildman–Crippen LogP) is 4.79. The Morgan fingerprint density at radius 2 is 1.88 bits per heavy atom. The Balaban J connectivity index is 1.63. The monoisotopic (exact) mass is 471 g/mol. The zero-order chi connectivity index (χ0) is 23.3. The summed E-state index contributed by atoms with van der Waals surface area (Å²) in [7, 11) is 0. The van der Waals surface area contributed by atoms with E-state index in [9.17, 15) is 9.59 Å². The maximum absolute atomic E-state index is 12.6. The summed E-state index contributed by atoms with van der Waals surface area (Å²) in [4.78, 5) is 25.0. The Bertz CT molecular complexity index is 1130. The molecule has 0 fully saturated rings. The number of thioether (sulfide) groups is 1. The van der Waals surface area contributed by atoms with Gasteiger partial charge in [-0.15, -0.1) is 10.2 Å². The highest BCUT2D eigenvalue weighted by Gasteiger charge is 2.21. The highest BCUT2D eigenvalue weighted by molar-refractivity contribution is 7.99. The van der Waals surface area contributed by atoms with Crippen molar-refractivity contribution < 1.29 is 9.59 Å². The summed E-state index contributed by atoms with van der Waals surface area (Å²) < 4.78 is 1.89. The first-order valence-electron chi connectivity index (χ1n) is 10.3. The molecule has 1 heterocycles. The number of amides is 2. The molecule has 0 bridgehead atoms. The van der Waals surface area contributed by atoms with Crippen molar-refractivity contribution in [1.29, 1.82) is 0 Å². The zero-order valence-corrected chi connectivity index (χ0v) is 20.0. The van der Waals surface area contributed by atoms with Crippen LogP contribution in [0.1, 0.15) is 47.2 Å². The topological polar surface area (TPSA) is 88.9 Å². The van der Waals surface area contributed by atoms with Gasteiger partial charge < -0.3 is 15.2 Å². The van der Waals surface area contributed by atoms with Crippen LogP contribution in [0.5, 0.6) is 0 Å². The molecule has 1 atom stereocenters. The molecule has 2 amide bonds. The maximum Gasteiger partial charge on any atom is 0.253 e. The van der Waals surface area contributed by atoms with E-state index in [0.717, 1.165) is 11.3 Å². The Labute approximate surface area is 197 Å². The fraction of sp³-hybridized carbons (Fsp3) is 0.304. The van der Waals surface area contributed by atoms with Crippen LogP contribution in [0.25, 0.3) is 0 Å². The van der Waals surface area contributed by atoms with Gasteiger partial charge in [-0.25, -0.2) is 0 Å². The van der Waals surface area contributed by atoms with E-state index in [2.05, 4.69) is 20.8 Å². The first kappa shape index (κ1) is 23.8. The van der Waals surface area contributed by atoms with Crippen LogP contribution < -0.4 is 10.6 Å². The number of aryl methyl sites for hydroxylation is 2. The van der Waals surface area contributed by atoms with Crippen molar-refractivity contribution in [1.82, 2.24) is 20.1 Å². The number of hydrogen-bond acceptors (Lipinski definition) is 5. The Kier molecular flexibility index (Phi) is 7.93. The summed E-state index contributed by atoms with van der Waals surface area (Å²) in [6.45, 7) is 8.46. The molecular formula is C23H26ClN5O2S. The standard InChI is InChI=1S/C23H26ClN5O2S/c1-5-29-21(16(4)25-22(31)18-8-6-7-9-19(18)24)27-28-23(29)32-13-20(30)26-17-11-10-14(2)15(3)12-17/h6-12,16H,5,13H2,1-4H3,(H,25,31)(H,26,30)/t16-/m1/s1. The normalized spacial score (nSPS) is 11.8. The molecular weight excluding hydrogens is 446 g/mol. The largest absolute Gasteiger partial charge is 0.342 e. The van der Waals surface area contributed by atoms with E-state index in [4.69, 9.17) is 11.6 Å². The average molecular weight is 472 g/mol. The lowest BCUT2D eigenvalue weighted by molar-refractivity contribution is -0.113. The van der Waals surface area contributed by atoms with Crippen LogP contribution in [0.4, 0.5) is 5.69 Å². The quantitative estimate of drug-likeness (QED) is 0.461. The predicted molar refractivity (Wildman–Crippen MR) is 128 cm³/mol. The highest BCUT2D eigenvalue weighted by atomic mass is 35.5. The summed E-state index contributed by atoms with van der Waals surface area (Å²) in [5.74, 6) is 0.414. The molecule has 0 aliphatic carbocycles. The Morgan fingerprint density at radius 3 is 2.56 bits per heavy atom. The molecule has 0 spiro atoms. The summed E-state index contributed by atoms with van der Waals surface area (Å²) in [5.41, 5.74) is 3.48. The molecule has 168 valence electrons. The summed E-state index contributed by atoms with van der Waals surface area (Å²) in [5, 5.41) is 15.3. The second-order valence-corrected chi connectivity index (χ2v) is 8.75. The second kappa shape index (κ2) is 10.7. The van der Waals surface area contributed by atoms with E-state index in [1.165, 1.54) is 17.3 Å². The lowest BCUT2D eigenvalue weighted by atomic mass is 10.1. The minimum absolute atomic E-state index is 0.120. The van der Waals surface area contributed by atoms with E-state index in [-0.39, 0.29) is 23.6 Å². The molecule has 7 nitrogen and oxygen atoms in total. The van der Waals surface area contributed by atoms with Gasteiger partial charge in [0.2, 0.25) is 5.91 Å². The van der Waals surface area contributed by atoms with E-state index >= 15 is 0 Å². The molecule has 0 saturated heterocycles. The maximum atomic E-state index is 12.6. The number of anilines is 1. The highest BCUT2D eigenvalue weighted by Crippen LogP contribution is 2.22. The number of nitrogens with one attached hydrogen (secondary N) is 2. The minimum atomic E-state index is -0.384. The third kappa shape index (κ3) is 5.69. The first-order valence-corrected chi connectivity index (χ1v) is 11.6. The van der Waals surface area contributed by atoms with Crippen LogP contribution >= 0.6 is 23.4 Å². The van der Waals surface area contributed by atoms with Crippen molar-refractivity contribution in [2.24, 2.45) is 0 Å². The molecule has 2 aromatic carbocycles. The summed E-state index contributed by atoms with van der Waals surface area (Å²) in [6.07, 6.45) is 0. The van der Waals surface area contributed by atoms with Gasteiger partial charge >= 0.3 is 0 Å². The lowest BCUT2D eigenvalue weighted by Gasteiger charge is -2.15. The molecule has 0 unspecified atom stereocenters. The van der Waals surface area contributed by atoms with Crippen molar-refractivity contribution >= 4 is 40.9 Å². The van der Waals surface area contributed by atoms with Crippen molar-refractivity contribution in [3.05, 3.63) is 70.0 Å². The second-order valence-electron chi connectivity index (χ2n) is 7.40. The van der Waals surface area contributed by atoms with Crippen molar-refractivity contribution in [2.75, 3.05) is 11.1 Å². The molecule has 1 aromatic heterocycles. The zero-order valence-electron chi connectivity index (χ0n) is 18.5. The molecule has 3 rings (SSSR count). The van der Waals surface area contributed by atoms with E-state index in [1.807, 2.05) is 50.5 Å². The molecule has 2 N–H and O–H groups in total. The number of hydrogen-bond donors (Lipinski definition) is 2. The van der Waals surface area contributed by atoms with Gasteiger partial charge in [-0.1, -0.05) is 41.6 Å². The Hall–Kier alpha value is -2.84. The van der Waals surface area contributed by atoms with Crippen molar-refractivity contribution in [3.63, 3.8) is 0 Å². The number of carbonyl (C=O) groups excluding carboxylic acids is 2. The molecule has 9 heteroatoms. The molecule has 3 aromatic rings. The molecule has 0 radical (unpaired) electrons. The average Bonchev–Trinajstić information content (AvgIpc) is 3.18. The van der Waals surface area contributed by atoms with Crippen LogP contribution in [0, 0.1) is 13.8 Å². The van der Waals surface area contributed by atoms with Crippen molar-refractivity contribution in [3.8, 4) is 0 Å². The third-order valence-corrected chi connectivity index (χ3v) is 6.33. The summed E-state index contributed by atoms with van der Waals surface area (Å²) >= 11 is 7.43. The number of halogens is 1. The van der Waals surface area contributed by atoms with Gasteiger partial charge in [0, 0.05) is 12.2 Å². The van der Waals surface area contributed by atoms with Crippen LogP contribution in [0.2, 0.25) is 5.02 Å². The number of rotatable bonds is 8. The smallest absolute Gasteiger partial charge is 0.253 e. The van der Waals surface area contributed by atoms with Gasteiger partial charge in [-0.2, -0.15) is 0 Å². The van der Waals surface area contributed by atoms with Gasteiger partial charge in [0.1, 0.15) is 0 Å². The molecule has 0 saturated carbocycles. The summed E-state index contributed by atoms with van der Waals surface area (Å²) in [6, 6.07) is 12.3. The molecule has 0 aliphatic heterocycles. The Morgan fingerprint density at radius 1 is 1.12 bits per heavy atom. The van der Waals surface area contributed by atoms with E-state index < -0.39 is 0 Å². The number of aromatic nitrogens is 3. The fourth-order valence-corrected chi connectivity index (χ4v) is 4.19. The van der Waals surface area contributed by atoms with Crippen LogP contribution in [0.3, 0.4) is 0 Å². The third-order valence-electron chi connectivity index (χ3n) is 5.04. The SMILES string of the molecule is CCn1c(SCC(=O)Nc2ccc(C)c(C)c2)nnc1[C@@H](C)NC(=O)c1ccccc1Cl. The van der Waals surface area contributed by atoms with Gasteiger partial charge in [-0.3, -0.25) is 9.59 Å². The van der Waals surface area contributed by atoms with Gasteiger partial charge in [0.25, 0.3) is 5.91 Å². The van der Waals surface area contributed by atoms with Crippen LogP contribution in [-0.4, -0.2) is 32.3 Å². The lowest BCUT2D eigenvalue weighted by Crippen LogP contribution is -2.29. The number of nitrogens with zero attached hydrogens (tertiary/aromatic N) is 3. The van der Waals surface area contributed by atoms with Gasteiger partial charge in [0.15, 0.2) is 11.0 Å². The van der Waals surface area contributed by atoms with Crippen LogP contribution in [0.15, 0.2) is 47.6 Å². The number of carbonyl (C=O) groups is 2. The fourth-order valence-electron chi connectivity index (χ4n) is 3.16. The van der Waals surface area contributed by atoms with Gasteiger partial charge in [-0.05, 0) is 63.1 Å². The van der Waals surface area contributed by atoms with Gasteiger partial charge in [0.05, 0.1) is 22.4 Å². The minimum Gasteiger partial charge on any atom is -0.342 e. The number of benzene rings is 2. The van der Waals surface area contributed by atoms with Crippen LogP contribution in [-0.2, 0) is 11.3 Å². The van der Waals surface area contributed by atoms with Crippen molar-refractivity contribution in [2.45, 2.75) is 45.4 Å². The van der Waals surface area contributed by atoms with E-state index in [1.54, 1.807) is 24.3 Å². The van der Waals surface area contributed by atoms with E-state index in [0.29, 0.717) is 28.1 Å². The molecule has 32 heavy (non-hydrogen) atoms. The molecule has 0 aliphatic rings. The first-order chi connectivity index (χ1) is 15.3.